The molecule has 90 valence electrons. The third kappa shape index (κ3) is 3.35. The number of aryl methyl sites for hydroxylation is 1. The van der Waals surface area contributed by atoms with Crippen LogP contribution in [0.5, 0.6) is 0 Å². The Morgan fingerprint density at radius 1 is 1.47 bits per heavy atom. The van der Waals surface area contributed by atoms with Gasteiger partial charge in [-0.25, -0.2) is 0 Å². The van der Waals surface area contributed by atoms with Crippen molar-refractivity contribution < 1.29 is 0 Å². The van der Waals surface area contributed by atoms with E-state index in [9.17, 15) is 0 Å². The van der Waals surface area contributed by atoms with Crippen LogP contribution >= 0.6 is 27.3 Å². The molecule has 17 heavy (non-hydrogen) atoms. The Labute approximate surface area is 113 Å². The summed E-state index contributed by atoms with van der Waals surface area (Å²) in [7, 11) is 0. The van der Waals surface area contributed by atoms with Gasteiger partial charge in [0, 0.05) is 17.5 Å². The number of nitrogens with zero attached hydrogens (tertiary/aromatic N) is 1. The van der Waals surface area contributed by atoms with Crippen molar-refractivity contribution in [3.05, 3.63) is 50.4 Å². The lowest BCUT2D eigenvalue weighted by Gasteiger charge is -2.14. The average Bonchev–Trinajstić information content (AvgIpc) is 2.72. The van der Waals surface area contributed by atoms with Crippen LogP contribution in [0.3, 0.4) is 0 Å². The van der Waals surface area contributed by atoms with E-state index in [0.717, 1.165) is 15.9 Å². The van der Waals surface area contributed by atoms with Crippen LogP contribution in [0.15, 0.2) is 34.2 Å². The molecule has 0 fully saturated rings. The van der Waals surface area contributed by atoms with Crippen molar-refractivity contribution in [2.45, 2.75) is 19.4 Å². The summed E-state index contributed by atoms with van der Waals surface area (Å²) >= 11 is 5.19. The minimum atomic E-state index is 0.0560. The number of halogens is 1. The normalized spacial score (nSPS) is 12.6. The summed E-state index contributed by atoms with van der Waals surface area (Å²) in [4.78, 5) is 5.64. The van der Waals surface area contributed by atoms with Crippen molar-refractivity contribution in [1.29, 1.82) is 0 Å². The maximum absolute atomic E-state index is 5.61. The van der Waals surface area contributed by atoms with Crippen LogP contribution in [0.25, 0.3) is 0 Å². The maximum atomic E-state index is 5.61. The molecule has 0 bridgehead atoms. The molecule has 1 atom stereocenters. The molecule has 1 unspecified atom stereocenters. The van der Waals surface area contributed by atoms with Gasteiger partial charge in [0.2, 0.25) is 0 Å². The molecule has 2 heterocycles. The van der Waals surface area contributed by atoms with Crippen LogP contribution in [-0.2, 0) is 6.42 Å². The summed E-state index contributed by atoms with van der Waals surface area (Å²) in [6, 6.07) is 8.26. The molecular weight excluding hydrogens is 298 g/mol. The molecule has 0 saturated heterocycles. The number of rotatable bonds is 4. The van der Waals surface area contributed by atoms with Crippen LogP contribution in [0.2, 0.25) is 0 Å². The zero-order valence-corrected chi connectivity index (χ0v) is 11.9. The predicted octanol–water partition coefficient (Wildman–Crippen LogP) is 2.96. The summed E-state index contributed by atoms with van der Waals surface area (Å²) < 4.78 is 1.14. The maximum Gasteiger partial charge on any atom is 0.0701 e. The molecule has 0 aliphatic heterocycles. The topological polar surface area (TPSA) is 50.9 Å². The number of nitrogens with one attached hydrogen (secondary N) is 1. The fraction of sp³-hybridized carbons (Fsp3) is 0.250. The summed E-state index contributed by atoms with van der Waals surface area (Å²) in [6.45, 7) is 2.06. The van der Waals surface area contributed by atoms with Gasteiger partial charge in [-0.1, -0.05) is 0 Å². The van der Waals surface area contributed by atoms with E-state index in [4.69, 9.17) is 5.84 Å². The Morgan fingerprint density at radius 3 is 2.88 bits per heavy atom. The lowest BCUT2D eigenvalue weighted by molar-refractivity contribution is 0.541. The van der Waals surface area contributed by atoms with E-state index in [-0.39, 0.29) is 6.04 Å². The van der Waals surface area contributed by atoms with Crippen LogP contribution < -0.4 is 11.3 Å². The number of thiophene rings is 1. The Hall–Kier alpha value is -0.750. The SMILES string of the molecule is Cc1ccnc(C(Cc2ccc(Br)s2)NN)c1. The van der Waals surface area contributed by atoms with E-state index >= 15 is 0 Å². The largest absolute Gasteiger partial charge is 0.271 e. The molecule has 2 aromatic heterocycles. The molecule has 3 N–H and O–H groups in total. The number of hydrazine groups is 1. The van der Waals surface area contributed by atoms with E-state index in [1.807, 2.05) is 12.3 Å². The van der Waals surface area contributed by atoms with Crippen LogP contribution in [-0.4, -0.2) is 4.98 Å². The average molecular weight is 312 g/mol. The van der Waals surface area contributed by atoms with E-state index < -0.39 is 0 Å². The second-order valence-corrected chi connectivity index (χ2v) is 6.43. The van der Waals surface area contributed by atoms with Gasteiger partial charge >= 0.3 is 0 Å². The number of pyridine rings is 1. The fourth-order valence-corrected chi connectivity index (χ4v) is 3.19. The van der Waals surface area contributed by atoms with Gasteiger partial charge in [-0.05, 0) is 52.7 Å². The quantitative estimate of drug-likeness (QED) is 0.674. The number of aromatic nitrogens is 1. The second-order valence-electron chi connectivity index (χ2n) is 3.89. The lowest BCUT2D eigenvalue weighted by Crippen LogP contribution is -2.30. The van der Waals surface area contributed by atoms with Gasteiger partial charge in [-0.15, -0.1) is 11.3 Å². The van der Waals surface area contributed by atoms with Crippen molar-refractivity contribution in [1.82, 2.24) is 10.4 Å². The van der Waals surface area contributed by atoms with Crippen molar-refractivity contribution in [3.8, 4) is 0 Å². The summed E-state index contributed by atoms with van der Waals surface area (Å²) in [5.74, 6) is 5.61. The Bertz CT molecular complexity index is 498. The van der Waals surface area contributed by atoms with Gasteiger partial charge in [-0.3, -0.25) is 16.3 Å². The lowest BCUT2D eigenvalue weighted by atomic mass is 10.1. The van der Waals surface area contributed by atoms with Crippen molar-refractivity contribution in [2.75, 3.05) is 0 Å². The Morgan fingerprint density at radius 2 is 2.29 bits per heavy atom. The van der Waals surface area contributed by atoms with Gasteiger partial charge in [0.1, 0.15) is 0 Å². The predicted molar refractivity (Wildman–Crippen MR) is 74.8 cm³/mol. The van der Waals surface area contributed by atoms with Crippen LogP contribution in [0.1, 0.15) is 22.2 Å². The van der Waals surface area contributed by atoms with E-state index in [0.29, 0.717) is 0 Å². The first-order valence-corrected chi connectivity index (χ1v) is 6.93. The van der Waals surface area contributed by atoms with Crippen LogP contribution in [0.4, 0.5) is 0 Å². The highest BCUT2D eigenvalue weighted by atomic mass is 79.9. The smallest absolute Gasteiger partial charge is 0.0701 e. The van der Waals surface area contributed by atoms with Gasteiger partial charge in [0.15, 0.2) is 0 Å². The highest BCUT2D eigenvalue weighted by Gasteiger charge is 2.13. The Kier molecular flexibility index (Phi) is 4.28. The summed E-state index contributed by atoms with van der Waals surface area (Å²) in [6.07, 6.45) is 2.67. The second kappa shape index (κ2) is 5.73. The van der Waals surface area contributed by atoms with Crippen molar-refractivity contribution >= 4 is 27.3 Å². The first-order chi connectivity index (χ1) is 8.19. The van der Waals surface area contributed by atoms with Crippen molar-refractivity contribution in [2.24, 2.45) is 5.84 Å². The highest BCUT2D eigenvalue weighted by Crippen LogP contribution is 2.26. The van der Waals surface area contributed by atoms with E-state index in [2.05, 4.69) is 51.5 Å². The molecule has 0 aliphatic carbocycles. The zero-order valence-electron chi connectivity index (χ0n) is 9.48. The molecule has 2 rings (SSSR count). The molecule has 0 saturated carbocycles. The zero-order chi connectivity index (χ0) is 12.3. The summed E-state index contributed by atoms with van der Waals surface area (Å²) in [5.41, 5.74) is 5.01. The molecule has 0 aliphatic rings. The van der Waals surface area contributed by atoms with E-state index in [1.54, 1.807) is 11.3 Å². The van der Waals surface area contributed by atoms with Gasteiger partial charge < -0.3 is 0 Å². The first-order valence-electron chi connectivity index (χ1n) is 5.32. The van der Waals surface area contributed by atoms with Crippen LogP contribution in [0, 0.1) is 6.92 Å². The Balaban J connectivity index is 2.16. The highest BCUT2D eigenvalue weighted by molar-refractivity contribution is 9.11. The minimum Gasteiger partial charge on any atom is -0.271 e. The third-order valence-electron chi connectivity index (χ3n) is 2.53. The molecule has 2 aromatic rings. The molecule has 5 heteroatoms. The molecular formula is C12H14BrN3S. The number of hydrogen-bond acceptors (Lipinski definition) is 4. The first kappa shape index (κ1) is 12.7. The van der Waals surface area contributed by atoms with Gasteiger partial charge in [0.05, 0.1) is 15.5 Å². The fourth-order valence-electron chi connectivity index (χ4n) is 1.66. The molecule has 0 radical (unpaired) electrons. The molecule has 0 aromatic carbocycles. The van der Waals surface area contributed by atoms with E-state index in [1.165, 1.54) is 10.4 Å². The molecule has 3 nitrogen and oxygen atoms in total. The summed E-state index contributed by atoms with van der Waals surface area (Å²) in [5, 5.41) is 0. The molecule has 0 amide bonds. The van der Waals surface area contributed by atoms with Gasteiger partial charge in [0.25, 0.3) is 0 Å². The standard InChI is InChI=1S/C12H14BrN3S/c1-8-4-5-15-10(6-8)11(16-14)7-9-2-3-12(13)17-9/h2-6,11,16H,7,14H2,1H3. The van der Waals surface area contributed by atoms with Crippen molar-refractivity contribution in [3.63, 3.8) is 0 Å². The monoisotopic (exact) mass is 311 g/mol. The van der Waals surface area contributed by atoms with Gasteiger partial charge in [-0.2, -0.15) is 0 Å². The third-order valence-corrected chi connectivity index (χ3v) is 4.17. The number of nitrogens with two attached hydrogens (primary N) is 1. The minimum absolute atomic E-state index is 0.0560. The number of hydrogen-bond donors (Lipinski definition) is 2. The molecule has 0 spiro atoms.